The van der Waals surface area contributed by atoms with Crippen molar-refractivity contribution >= 4 is 21.0 Å². The molecule has 0 bridgehead atoms. The minimum Gasteiger partial charge on any atom is -0.495 e. The molecule has 1 aliphatic rings. The quantitative estimate of drug-likeness (QED) is 0.0896. The highest BCUT2D eigenvalue weighted by Gasteiger charge is 2.31. The lowest BCUT2D eigenvalue weighted by atomic mass is 10.1. The predicted molar refractivity (Wildman–Crippen MR) is 139 cm³/mol. The van der Waals surface area contributed by atoms with Crippen LogP contribution in [0, 0.1) is 52.7 Å². The number of benzene rings is 3. The van der Waals surface area contributed by atoms with Crippen LogP contribution >= 0.6 is 0 Å². The number of rotatable bonds is 5. The Balaban J connectivity index is 1.58. The molecule has 13 heteroatoms. The van der Waals surface area contributed by atoms with Crippen LogP contribution < -0.4 is 14.5 Å². The first-order valence-electron chi connectivity index (χ1n) is 12.4. The zero-order valence-corrected chi connectivity index (χ0v) is 22.4. The van der Waals surface area contributed by atoms with Crippen LogP contribution in [0.5, 0.6) is 11.5 Å². The lowest BCUT2D eigenvalue weighted by Gasteiger charge is -2.16. The topological polar surface area (TPSA) is 74.6 Å². The summed E-state index contributed by atoms with van der Waals surface area (Å²) in [6.07, 6.45) is 3.97. The normalized spacial score (nSPS) is 13.7. The molecule has 0 N–H and O–H groups in total. The van der Waals surface area contributed by atoms with Crippen LogP contribution in [0.4, 0.5) is 26.3 Å². The molecule has 1 aromatic heterocycles. The van der Waals surface area contributed by atoms with Gasteiger partial charge in [-0.2, -0.15) is 17.2 Å². The second kappa shape index (κ2) is 11.1. The van der Waals surface area contributed by atoms with E-state index in [0.29, 0.717) is 0 Å². The Bertz CT molecular complexity index is 1950. The Labute approximate surface area is 235 Å². The summed E-state index contributed by atoms with van der Waals surface area (Å²) in [4.78, 5) is 12.2. The lowest BCUT2D eigenvalue weighted by Crippen LogP contribution is -2.19. The van der Waals surface area contributed by atoms with Gasteiger partial charge >= 0.3 is 10.1 Å². The Hall–Kier alpha value is -4.44. The summed E-state index contributed by atoms with van der Waals surface area (Å²) in [6.45, 7) is 0. The number of aromatic nitrogens is 1. The molecule has 0 atom stereocenters. The Morgan fingerprint density at radius 1 is 0.857 bits per heavy atom. The van der Waals surface area contributed by atoms with E-state index in [1.807, 2.05) is 0 Å². The summed E-state index contributed by atoms with van der Waals surface area (Å²) in [5.74, 6) is -8.82. The van der Waals surface area contributed by atoms with Crippen LogP contribution in [-0.4, -0.2) is 20.1 Å². The third-order valence-corrected chi connectivity index (χ3v) is 8.01. The molecule has 0 amide bonds. The van der Waals surface area contributed by atoms with Crippen LogP contribution in [0.2, 0.25) is 0 Å². The van der Waals surface area contributed by atoms with Crippen molar-refractivity contribution in [3.63, 3.8) is 0 Å². The highest BCUT2D eigenvalue weighted by atomic mass is 32.2. The fraction of sp³-hybridized carbons (Fsp3) is 0.207. The summed E-state index contributed by atoms with van der Waals surface area (Å²) in [5.41, 5.74) is -0.529. The molecule has 4 aromatic rings. The minimum absolute atomic E-state index is 0.0229. The van der Waals surface area contributed by atoms with Gasteiger partial charge in [-0.05, 0) is 37.1 Å². The van der Waals surface area contributed by atoms with E-state index in [1.165, 1.54) is 19.2 Å². The number of nitrogens with zero attached hydrogens (tertiary/aromatic N) is 1. The van der Waals surface area contributed by atoms with Crippen molar-refractivity contribution in [2.75, 3.05) is 7.11 Å². The van der Waals surface area contributed by atoms with Crippen molar-refractivity contribution in [2.45, 2.75) is 30.6 Å². The first-order valence-corrected chi connectivity index (χ1v) is 13.8. The SMILES string of the molecule is COc1cc(C#CC2CCCC2)c(F)cc1-n1c(=O)ccc2cc(S(=O)(=O)Oc3c(F)c(F)c(F)c(F)c3F)ccc21. The molecule has 1 aliphatic carbocycles. The van der Waals surface area contributed by atoms with Gasteiger partial charge in [-0.1, -0.05) is 24.7 Å². The molecule has 5 rings (SSSR count). The first kappa shape index (κ1) is 29.1. The molecule has 1 fully saturated rings. The molecule has 42 heavy (non-hydrogen) atoms. The zero-order valence-electron chi connectivity index (χ0n) is 21.6. The van der Waals surface area contributed by atoms with Gasteiger partial charge in [0, 0.05) is 29.5 Å². The molecule has 3 aromatic carbocycles. The molecule has 0 saturated heterocycles. The van der Waals surface area contributed by atoms with Gasteiger partial charge in [0.05, 0.1) is 23.9 Å². The van der Waals surface area contributed by atoms with Crippen LogP contribution in [0.3, 0.4) is 0 Å². The number of ether oxygens (including phenoxy) is 1. The lowest BCUT2D eigenvalue weighted by molar-refractivity contribution is 0.346. The van der Waals surface area contributed by atoms with Crippen molar-refractivity contribution < 1.29 is 43.7 Å². The molecule has 0 spiro atoms. The largest absolute Gasteiger partial charge is 0.495 e. The molecular formula is C29H19F6NO5S. The Kier molecular flexibility index (Phi) is 7.68. The molecule has 0 unspecified atom stereocenters. The maximum absolute atomic E-state index is 15.1. The summed E-state index contributed by atoms with van der Waals surface area (Å²) in [6, 6.07) is 7.60. The van der Waals surface area contributed by atoms with Crippen molar-refractivity contribution in [1.29, 1.82) is 0 Å². The molecule has 6 nitrogen and oxygen atoms in total. The second-order valence-electron chi connectivity index (χ2n) is 9.42. The van der Waals surface area contributed by atoms with Gasteiger partial charge in [0.15, 0.2) is 0 Å². The number of halogens is 6. The van der Waals surface area contributed by atoms with Crippen molar-refractivity contribution in [2.24, 2.45) is 5.92 Å². The molecule has 1 saturated carbocycles. The van der Waals surface area contributed by atoms with Crippen LogP contribution in [-0.2, 0) is 10.1 Å². The molecule has 1 heterocycles. The molecule has 0 aliphatic heterocycles. The fourth-order valence-electron chi connectivity index (χ4n) is 4.67. The highest BCUT2D eigenvalue weighted by molar-refractivity contribution is 7.87. The van der Waals surface area contributed by atoms with E-state index in [-0.39, 0.29) is 33.8 Å². The summed E-state index contributed by atoms with van der Waals surface area (Å²) >= 11 is 0. The number of fused-ring (bicyclic) bond motifs is 1. The summed E-state index contributed by atoms with van der Waals surface area (Å²) in [7, 11) is -3.84. The van der Waals surface area contributed by atoms with Crippen LogP contribution in [0.1, 0.15) is 31.2 Å². The highest BCUT2D eigenvalue weighted by Crippen LogP contribution is 2.33. The van der Waals surface area contributed by atoms with Gasteiger partial charge in [0.2, 0.25) is 34.8 Å². The third kappa shape index (κ3) is 5.18. The van der Waals surface area contributed by atoms with Crippen molar-refractivity contribution in [3.8, 4) is 29.0 Å². The van der Waals surface area contributed by atoms with Gasteiger partial charge < -0.3 is 8.92 Å². The van der Waals surface area contributed by atoms with E-state index in [0.717, 1.165) is 60.6 Å². The average Bonchev–Trinajstić information content (AvgIpc) is 3.50. The Morgan fingerprint density at radius 2 is 1.50 bits per heavy atom. The van der Waals surface area contributed by atoms with Crippen LogP contribution in [0.15, 0.2) is 52.2 Å². The molecule has 218 valence electrons. The maximum Gasteiger partial charge on any atom is 0.339 e. The number of methoxy groups -OCH3 is 1. The zero-order chi connectivity index (χ0) is 30.3. The van der Waals surface area contributed by atoms with Crippen molar-refractivity contribution in [3.05, 3.63) is 93.3 Å². The average molecular weight is 608 g/mol. The van der Waals surface area contributed by atoms with Gasteiger partial charge in [-0.15, -0.1) is 0 Å². The monoisotopic (exact) mass is 607 g/mol. The predicted octanol–water partition coefficient (Wildman–Crippen LogP) is 6.14. The van der Waals surface area contributed by atoms with E-state index in [2.05, 4.69) is 16.0 Å². The van der Waals surface area contributed by atoms with Gasteiger partial charge in [0.1, 0.15) is 16.5 Å². The molecule has 0 radical (unpaired) electrons. The standard InChI is InChI=1S/C29H19F6NO5S/c1-40-22-13-16(7-6-15-4-2-3-5-15)19(30)14-21(22)36-20-10-9-18(12-17(20)8-11-23(36)37)42(38,39)41-29-27(34)25(32)24(31)26(33)28(29)35/h8-15H,2-5H2,1H3. The second-order valence-corrected chi connectivity index (χ2v) is 11.0. The number of pyridine rings is 1. The number of hydrogen-bond donors (Lipinski definition) is 0. The fourth-order valence-corrected chi connectivity index (χ4v) is 5.64. The van der Waals surface area contributed by atoms with E-state index in [4.69, 9.17) is 4.74 Å². The van der Waals surface area contributed by atoms with E-state index in [9.17, 15) is 35.2 Å². The summed E-state index contributed by atoms with van der Waals surface area (Å²) < 4.78 is 120. The Morgan fingerprint density at radius 3 is 2.14 bits per heavy atom. The van der Waals surface area contributed by atoms with Gasteiger partial charge in [0.25, 0.3) is 5.56 Å². The third-order valence-electron chi connectivity index (χ3n) is 6.79. The summed E-state index contributed by atoms with van der Waals surface area (Å²) in [5, 5.41) is 0.0595. The first-order chi connectivity index (χ1) is 19.9. The minimum atomic E-state index is -5.15. The van der Waals surface area contributed by atoms with Gasteiger partial charge in [-0.25, -0.2) is 17.6 Å². The van der Waals surface area contributed by atoms with Crippen molar-refractivity contribution in [1.82, 2.24) is 4.57 Å². The smallest absolute Gasteiger partial charge is 0.339 e. The van der Waals surface area contributed by atoms with E-state index >= 15 is 4.39 Å². The maximum atomic E-state index is 15.1. The number of hydrogen-bond acceptors (Lipinski definition) is 5. The van der Waals surface area contributed by atoms with Gasteiger partial charge in [-0.3, -0.25) is 9.36 Å². The van der Waals surface area contributed by atoms with E-state index in [1.54, 1.807) is 0 Å². The van der Waals surface area contributed by atoms with E-state index < -0.39 is 61.2 Å². The van der Waals surface area contributed by atoms with Crippen LogP contribution in [0.25, 0.3) is 16.6 Å². The molecular weight excluding hydrogens is 588 g/mol.